The SMILES string of the molecule is CC(C)(C)OC(=O)NCC[C@@H](CN=[N+]=[N-])NC(=O)OCc1ccccc1. The number of azide groups is 1. The average Bonchev–Trinajstić information content (AvgIpc) is 2.57. The minimum absolute atomic E-state index is 0.0485. The Morgan fingerprint density at radius 3 is 2.54 bits per heavy atom. The molecule has 9 nitrogen and oxygen atoms in total. The fraction of sp³-hybridized carbons (Fsp3) is 0.529. The van der Waals surface area contributed by atoms with Gasteiger partial charge in [-0.1, -0.05) is 35.4 Å². The third-order valence-electron chi connectivity index (χ3n) is 3.06. The minimum Gasteiger partial charge on any atom is -0.445 e. The van der Waals surface area contributed by atoms with E-state index in [2.05, 4.69) is 20.7 Å². The standard InChI is InChI=1S/C17H25N5O4/c1-17(2,3)26-15(23)19-10-9-14(11-20-22-18)21-16(24)25-12-13-7-5-4-6-8-13/h4-8,14H,9-12H2,1-3H3,(H,19,23)(H,21,24)/t14-/m0/s1. The average molecular weight is 363 g/mol. The number of rotatable bonds is 8. The van der Waals surface area contributed by atoms with Crippen LogP contribution in [0.4, 0.5) is 9.59 Å². The molecule has 0 saturated heterocycles. The summed E-state index contributed by atoms with van der Waals surface area (Å²) in [5, 5.41) is 8.68. The van der Waals surface area contributed by atoms with Gasteiger partial charge in [-0.3, -0.25) is 0 Å². The molecule has 0 aliphatic heterocycles. The monoisotopic (exact) mass is 363 g/mol. The molecule has 0 heterocycles. The highest BCUT2D eigenvalue weighted by molar-refractivity contribution is 5.68. The largest absolute Gasteiger partial charge is 0.445 e. The maximum Gasteiger partial charge on any atom is 0.407 e. The molecule has 0 radical (unpaired) electrons. The molecule has 26 heavy (non-hydrogen) atoms. The Kier molecular flexibility index (Phi) is 8.80. The van der Waals surface area contributed by atoms with Crippen molar-refractivity contribution >= 4 is 12.2 Å². The zero-order valence-electron chi connectivity index (χ0n) is 15.3. The summed E-state index contributed by atoms with van der Waals surface area (Å²) in [5.41, 5.74) is 8.74. The molecule has 1 aromatic rings. The molecule has 0 bridgehead atoms. The van der Waals surface area contributed by atoms with Gasteiger partial charge in [0.25, 0.3) is 0 Å². The molecule has 9 heteroatoms. The van der Waals surface area contributed by atoms with Crippen LogP contribution >= 0.6 is 0 Å². The highest BCUT2D eigenvalue weighted by atomic mass is 16.6. The van der Waals surface area contributed by atoms with Gasteiger partial charge >= 0.3 is 12.2 Å². The van der Waals surface area contributed by atoms with Gasteiger partial charge in [-0.25, -0.2) is 9.59 Å². The van der Waals surface area contributed by atoms with E-state index in [4.69, 9.17) is 15.0 Å². The molecule has 0 aliphatic rings. The molecule has 0 fully saturated rings. The van der Waals surface area contributed by atoms with Crippen molar-refractivity contribution in [2.75, 3.05) is 13.1 Å². The summed E-state index contributed by atoms with van der Waals surface area (Å²) in [6.07, 6.45) is -0.811. The summed E-state index contributed by atoms with van der Waals surface area (Å²) in [7, 11) is 0. The second-order valence-corrected chi connectivity index (χ2v) is 6.53. The zero-order valence-corrected chi connectivity index (χ0v) is 15.3. The Morgan fingerprint density at radius 1 is 1.23 bits per heavy atom. The number of carbonyl (C=O) groups excluding carboxylic acids is 2. The van der Waals surface area contributed by atoms with Crippen molar-refractivity contribution in [1.82, 2.24) is 10.6 Å². The van der Waals surface area contributed by atoms with E-state index in [1.807, 2.05) is 30.3 Å². The van der Waals surface area contributed by atoms with Gasteiger partial charge in [0, 0.05) is 24.0 Å². The van der Waals surface area contributed by atoms with Gasteiger partial charge in [0.2, 0.25) is 0 Å². The van der Waals surface area contributed by atoms with Crippen molar-refractivity contribution in [3.63, 3.8) is 0 Å². The third-order valence-corrected chi connectivity index (χ3v) is 3.06. The maximum atomic E-state index is 11.9. The lowest BCUT2D eigenvalue weighted by molar-refractivity contribution is 0.0526. The van der Waals surface area contributed by atoms with Crippen LogP contribution in [0, 0.1) is 0 Å². The van der Waals surface area contributed by atoms with Crippen molar-refractivity contribution in [3.05, 3.63) is 46.3 Å². The highest BCUT2D eigenvalue weighted by Gasteiger charge is 2.17. The van der Waals surface area contributed by atoms with Crippen LogP contribution in [0.3, 0.4) is 0 Å². The highest BCUT2D eigenvalue weighted by Crippen LogP contribution is 2.06. The Morgan fingerprint density at radius 2 is 1.92 bits per heavy atom. The van der Waals surface area contributed by atoms with E-state index in [0.29, 0.717) is 6.42 Å². The van der Waals surface area contributed by atoms with Gasteiger partial charge in [0.1, 0.15) is 12.2 Å². The van der Waals surface area contributed by atoms with Crippen LogP contribution in [0.2, 0.25) is 0 Å². The lowest BCUT2D eigenvalue weighted by atomic mass is 10.2. The molecule has 2 amide bonds. The van der Waals surface area contributed by atoms with E-state index in [0.717, 1.165) is 5.56 Å². The first kappa shape index (κ1) is 21.1. The lowest BCUT2D eigenvalue weighted by Gasteiger charge is -2.21. The Labute approximate surface area is 152 Å². The van der Waals surface area contributed by atoms with Gasteiger partial charge in [-0.05, 0) is 38.3 Å². The molecular formula is C17H25N5O4. The van der Waals surface area contributed by atoms with Crippen molar-refractivity contribution in [2.24, 2.45) is 5.11 Å². The first-order chi connectivity index (χ1) is 12.3. The zero-order chi connectivity index (χ0) is 19.4. The Hall–Kier alpha value is -2.93. The van der Waals surface area contributed by atoms with Crippen LogP contribution in [0.5, 0.6) is 0 Å². The van der Waals surface area contributed by atoms with Gasteiger partial charge in [0.15, 0.2) is 0 Å². The summed E-state index contributed by atoms with van der Waals surface area (Å²) >= 11 is 0. The van der Waals surface area contributed by atoms with E-state index in [1.165, 1.54) is 0 Å². The van der Waals surface area contributed by atoms with Crippen molar-refractivity contribution in [1.29, 1.82) is 0 Å². The van der Waals surface area contributed by atoms with Gasteiger partial charge in [-0.2, -0.15) is 0 Å². The molecule has 1 rings (SSSR count). The molecule has 142 valence electrons. The van der Waals surface area contributed by atoms with Crippen LogP contribution in [0.15, 0.2) is 35.4 Å². The molecule has 0 unspecified atom stereocenters. The van der Waals surface area contributed by atoms with E-state index in [-0.39, 0.29) is 19.7 Å². The number of carbonyl (C=O) groups is 2. The summed E-state index contributed by atoms with van der Waals surface area (Å²) in [5.74, 6) is 0. The van der Waals surface area contributed by atoms with Crippen LogP contribution in [-0.4, -0.2) is 36.9 Å². The number of nitrogens with one attached hydrogen (secondary N) is 2. The van der Waals surface area contributed by atoms with Crippen LogP contribution in [0.1, 0.15) is 32.8 Å². The van der Waals surface area contributed by atoms with E-state index in [1.54, 1.807) is 20.8 Å². The first-order valence-electron chi connectivity index (χ1n) is 8.25. The number of ether oxygens (including phenoxy) is 2. The van der Waals surface area contributed by atoms with Crippen LogP contribution in [-0.2, 0) is 16.1 Å². The fourth-order valence-corrected chi connectivity index (χ4v) is 1.94. The Bertz CT molecular complexity index is 624. The summed E-state index contributed by atoms with van der Waals surface area (Å²) < 4.78 is 10.3. The molecule has 0 spiro atoms. The van der Waals surface area contributed by atoms with Crippen LogP contribution < -0.4 is 10.6 Å². The number of nitrogens with zero attached hydrogens (tertiary/aromatic N) is 3. The number of hydrogen-bond acceptors (Lipinski definition) is 5. The quantitative estimate of drug-likeness (QED) is 0.416. The lowest BCUT2D eigenvalue weighted by Crippen LogP contribution is -2.40. The van der Waals surface area contributed by atoms with Gasteiger partial charge in [0.05, 0.1) is 0 Å². The molecule has 1 aromatic carbocycles. The normalized spacial score (nSPS) is 11.7. The summed E-state index contributed by atoms with van der Waals surface area (Å²) in [6, 6.07) is 8.79. The Balaban J connectivity index is 2.41. The smallest absolute Gasteiger partial charge is 0.407 e. The topological polar surface area (TPSA) is 125 Å². The molecule has 0 aromatic heterocycles. The second kappa shape index (κ2) is 10.8. The van der Waals surface area contributed by atoms with Crippen LogP contribution in [0.25, 0.3) is 10.4 Å². The van der Waals surface area contributed by atoms with Gasteiger partial charge < -0.3 is 20.1 Å². The second-order valence-electron chi connectivity index (χ2n) is 6.53. The first-order valence-corrected chi connectivity index (χ1v) is 8.25. The van der Waals surface area contributed by atoms with E-state index < -0.39 is 23.8 Å². The maximum absolute atomic E-state index is 11.9. The number of hydrogen-bond donors (Lipinski definition) is 2. The van der Waals surface area contributed by atoms with Crippen molar-refractivity contribution in [2.45, 2.75) is 45.4 Å². The third kappa shape index (κ3) is 10.0. The van der Waals surface area contributed by atoms with E-state index in [9.17, 15) is 9.59 Å². The molecule has 1 atom stereocenters. The van der Waals surface area contributed by atoms with Crippen molar-refractivity contribution < 1.29 is 19.1 Å². The number of alkyl carbamates (subject to hydrolysis) is 2. The molecule has 2 N–H and O–H groups in total. The van der Waals surface area contributed by atoms with E-state index >= 15 is 0 Å². The summed E-state index contributed by atoms with van der Waals surface area (Å²) in [4.78, 5) is 26.2. The van der Waals surface area contributed by atoms with Crippen molar-refractivity contribution in [3.8, 4) is 0 Å². The molecular weight excluding hydrogens is 338 g/mol. The predicted octanol–water partition coefficient (Wildman–Crippen LogP) is 3.51. The minimum atomic E-state index is -0.621. The molecule has 0 saturated carbocycles. The number of benzene rings is 1. The summed E-state index contributed by atoms with van der Waals surface area (Å²) in [6.45, 7) is 5.73. The molecule has 0 aliphatic carbocycles. The number of amides is 2. The van der Waals surface area contributed by atoms with Gasteiger partial charge in [-0.15, -0.1) is 0 Å². The predicted molar refractivity (Wildman–Crippen MR) is 96.4 cm³/mol. The fourth-order valence-electron chi connectivity index (χ4n) is 1.94.